The number of aromatic nitrogens is 1. The van der Waals surface area contributed by atoms with Gasteiger partial charge in [-0.25, -0.2) is 0 Å². The molecule has 0 saturated carbocycles. The molecule has 3 rings (SSSR count). The molecule has 0 aliphatic carbocycles. The Morgan fingerprint density at radius 2 is 1.90 bits per heavy atom. The summed E-state index contributed by atoms with van der Waals surface area (Å²) < 4.78 is 5.25. The maximum atomic E-state index is 9.34. The van der Waals surface area contributed by atoms with E-state index in [2.05, 4.69) is 10.1 Å². The minimum absolute atomic E-state index is 0.250. The fourth-order valence-corrected chi connectivity index (χ4v) is 3.70. The van der Waals surface area contributed by atoms with Crippen LogP contribution in [0, 0.1) is 19.8 Å². The molecule has 6 nitrogen and oxygen atoms in total. The molecule has 2 aliphatic rings. The SMILES string of the molecule is Cc1noc(C)c1CN1[C@@H]2CC[C@H]1CC(CO)C2.O=CO. The van der Waals surface area contributed by atoms with Crippen molar-refractivity contribution in [2.45, 2.75) is 58.2 Å². The number of carboxylic acid groups (broad SMARTS) is 1. The highest BCUT2D eigenvalue weighted by atomic mass is 16.5. The van der Waals surface area contributed by atoms with E-state index < -0.39 is 0 Å². The quantitative estimate of drug-likeness (QED) is 0.826. The van der Waals surface area contributed by atoms with E-state index in [0.29, 0.717) is 24.6 Å². The Morgan fingerprint density at radius 1 is 1.33 bits per heavy atom. The van der Waals surface area contributed by atoms with E-state index in [4.69, 9.17) is 14.4 Å². The van der Waals surface area contributed by atoms with Crippen LogP contribution in [0.3, 0.4) is 0 Å². The van der Waals surface area contributed by atoms with Crippen LogP contribution < -0.4 is 0 Å². The van der Waals surface area contributed by atoms with Gasteiger partial charge in [-0.3, -0.25) is 9.69 Å². The van der Waals surface area contributed by atoms with Crippen LogP contribution in [0.15, 0.2) is 4.52 Å². The van der Waals surface area contributed by atoms with Crippen LogP contribution in [0.25, 0.3) is 0 Å². The lowest BCUT2D eigenvalue weighted by Gasteiger charge is -2.38. The molecule has 6 heteroatoms. The number of aliphatic hydroxyl groups is 1. The van der Waals surface area contributed by atoms with Gasteiger partial charge in [0.1, 0.15) is 5.76 Å². The first-order valence-corrected chi connectivity index (χ1v) is 7.46. The summed E-state index contributed by atoms with van der Waals surface area (Å²) in [6, 6.07) is 1.30. The summed E-state index contributed by atoms with van der Waals surface area (Å²) in [6.45, 7) is 5.09. The zero-order valence-corrected chi connectivity index (χ0v) is 12.7. The van der Waals surface area contributed by atoms with Crippen LogP contribution in [0.1, 0.15) is 42.7 Å². The number of aliphatic hydroxyl groups excluding tert-OH is 1. The van der Waals surface area contributed by atoms with Crippen molar-refractivity contribution in [2.75, 3.05) is 6.61 Å². The number of rotatable bonds is 3. The van der Waals surface area contributed by atoms with E-state index in [1.165, 1.54) is 18.4 Å². The Kier molecular flexibility index (Phi) is 5.36. The lowest BCUT2D eigenvalue weighted by Crippen LogP contribution is -2.43. The summed E-state index contributed by atoms with van der Waals surface area (Å²) in [5, 5.41) is 20.3. The summed E-state index contributed by atoms with van der Waals surface area (Å²) >= 11 is 0. The van der Waals surface area contributed by atoms with Gasteiger partial charge in [0, 0.05) is 30.8 Å². The number of hydrogen-bond acceptors (Lipinski definition) is 5. The number of hydrogen-bond donors (Lipinski definition) is 2. The van der Waals surface area contributed by atoms with Gasteiger partial charge < -0.3 is 14.7 Å². The Labute approximate surface area is 124 Å². The van der Waals surface area contributed by atoms with Crippen LogP contribution in [0.2, 0.25) is 0 Å². The Hall–Kier alpha value is -1.40. The maximum absolute atomic E-state index is 9.34. The summed E-state index contributed by atoms with van der Waals surface area (Å²) in [7, 11) is 0. The average Bonchev–Trinajstić information content (AvgIpc) is 2.89. The molecule has 0 radical (unpaired) electrons. The van der Waals surface area contributed by atoms with Crippen LogP contribution in [0.5, 0.6) is 0 Å². The zero-order chi connectivity index (χ0) is 15.4. The van der Waals surface area contributed by atoms with Crippen molar-refractivity contribution in [3.8, 4) is 0 Å². The van der Waals surface area contributed by atoms with Crippen molar-refractivity contribution in [1.82, 2.24) is 10.1 Å². The van der Waals surface area contributed by atoms with Gasteiger partial charge in [-0.2, -0.15) is 0 Å². The van der Waals surface area contributed by atoms with Crippen molar-refractivity contribution in [1.29, 1.82) is 0 Å². The van der Waals surface area contributed by atoms with Gasteiger partial charge in [0.15, 0.2) is 0 Å². The van der Waals surface area contributed by atoms with Gasteiger partial charge in [0.2, 0.25) is 0 Å². The number of piperidine rings is 1. The number of nitrogens with zero attached hydrogens (tertiary/aromatic N) is 2. The summed E-state index contributed by atoms with van der Waals surface area (Å²) in [5.41, 5.74) is 2.28. The van der Waals surface area contributed by atoms with Crippen molar-refractivity contribution in [2.24, 2.45) is 5.92 Å². The molecule has 2 aliphatic heterocycles. The fourth-order valence-electron chi connectivity index (χ4n) is 3.70. The molecule has 1 unspecified atom stereocenters. The lowest BCUT2D eigenvalue weighted by molar-refractivity contribution is -0.122. The third kappa shape index (κ3) is 3.44. The highest BCUT2D eigenvalue weighted by Gasteiger charge is 2.40. The monoisotopic (exact) mass is 296 g/mol. The second kappa shape index (κ2) is 7.04. The molecule has 1 aromatic heterocycles. The van der Waals surface area contributed by atoms with Crippen LogP contribution >= 0.6 is 0 Å². The van der Waals surface area contributed by atoms with Gasteiger partial charge in [-0.1, -0.05) is 5.16 Å². The van der Waals surface area contributed by atoms with Crippen LogP contribution in [0.4, 0.5) is 0 Å². The predicted octanol–water partition coefficient (Wildman–Crippen LogP) is 1.73. The molecule has 118 valence electrons. The van der Waals surface area contributed by atoms with Crippen molar-refractivity contribution >= 4 is 6.47 Å². The first-order valence-electron chi connectivity index (χ1n) is 7.46. The minimum Gasteiger partial charge on any atom is -0.483 e. The standard InChI is InChI=1S/C14H22N2O2.CH2O2/c1-9-14(10(2)18-15-9)7-16-12-3-4-13(16)6-11(5-12)8-17;2-1-3/h11-13,17H,3-8H2,1-2H3;1H,(H,2,3)/t11?,12-,13+;. The normalized spacial score (nSPS) is 28.0. The number of carbonyl (C=O) groups is 1. The summed E-state index contributed by atoms with van der Waals surface area (Å²) in [4.78, 5) is 11.0. The molecule has 0 amide bonds. The average molecular weight is 296 g/mol. The van der Waals surface area contributed by atoms with E-state index in [1.807, 2.05) is 13.8 Å². The lowest BCUT2D eigenvalue weighted by atomic mass is 9.91. The van der Waals surface area contributed by atoms with Gasteiger partial charge in [-0.05, 0) is 45.4 Å². The molecular weight excluding hydrogens is 272 g/mol. The molecule has 2 bridgehead atoms. The third-order valence-electron chi connectivity index (χ3n) is 4.76. The van der Waals surface area contributed by atoms with E-state index in [9.17, 15) is 5.11 Å². The Morgan fingerprint density at radius 3 is 2.33 bits per heavy atom. The molecule has 21 heavy (non-hydrogen) atoms. The van der Waals surface area contributed by atoms with E-state index in [0.717, 1.165) is 30.8 Å². The van der Waals surface area contributed by atoms with Gasteiger partial charge in [0.25, 0.3) is 6.47 Å². The van der Waals surface area contributed by atoms with Crippen LogP contribution in [-0.4, -0.2) is 45.4 Å². The summed E-state index contributed by atoms with van der Waals surface area (Å²) in [5.74, 6) is 1.47. The molecule has 3 heterocycles. The van der Waals surface area contributed by atoms with Crippen molar-refractivity contribution in [3.05, 3.63) is 17.0 Å². The van der Waals surface area contributed by atoms with E-state index >= 15 is 0 Å². The number of aryl methyl sites for hydroxylation is 2. The topological polar surface area (TPSA) is 86.8 Å². The molecule has 0 spiro atoms. The van der Waals surface area contributed by atoms with Crippen LogP contribution in [-0.2, 0) is 11.3 Å². The fraction of sp³-hybridized carbons (Fsp3) is 0.733. The number of fused-ring (bicyclic) bond motifs is 2. The summed E-state index contributed by atoms with van der Waals surface area (Å²) in [6.07, 6.45) is 4.86. The largest absolute Gasteiger partial charge is 0.483 e. The third-order valence-corrected chi connectivity index (χ3v) is 4.76. The minimum atomic E-state index is -0.250. The van der Waals surface area contributed by atoms with Gasteiger partial charge >= 0.3 is 0 Å². The highest BCUT2D eigenvalue weighted by molar-refractivity contribution is 5.32. The smallest absolute Gasteiger partial charge is 0.290 e. The molecule has 3 atom stereocenters. The molecule has 0 aromatic carbocycles. The van der Waals surface area contributed by atoms with Gasteiger partial charge in [0.05, 0.1) is 5.69 Å². The molecule has 2 saturated heterocycles. The second-order valence-electron chi connectivity index (χ2n) is 5.99. The highest BCUT2D eigenvalue weighted by Crippen LogP contribution is 2.39. The first-order chi connectivity index (χ1) is 10.1. The van der Waals surface area contributed by atoms with E-state index in [-0.39, 0.29) is 6.47 Å². The second-order valence-corrected chi connectivity index (χ2v) is 5.99. The first kappa shape index (κ1) is 16.0. The maximum Gasteiger partial charge on any atom is 0.290 e. The zero-order valence-electron chi connectivity index (χ0n) is 12.7. The van der Waals surface area contributed by atoms with E-state index in [1.54, 1.807) is 0 Å². The predicted molar refractivity (Wildman–Crippen MR) is 76.8 cm³/mol. The molecule has 2 fully saturated rings. The molecule has 1 aromatic rings. The van der Waals surface area contributed by atoms with Crippen molar-refractivity contribution in [3.63, 3.8) is 0 Å². The van der Waals surface area contributed by atoms with Crippen molar-refractivity contribution < 1.29 is 19.5 Å². The Balaban J connectivity index is 0.000000497. The molecule has 2 N–H and O–H groups in total. The Bertz CT molecular complexity index is 441. The molecular formula is C15H24N2O4. The van der Waals surface area contributed by atoms with Gasteiger partial charge in [-0.15, -0.1) is 0 Å².